The lowest BCUT2D eigenvalue weighted by Crippen LogP contribution is -2.52. The van der Waals surface area contributed by atoms with Crippen molar-refractivity contribution >= 4 is 28.5 Å². The molecular weight excluding hydrogens is 315 g/mol. The van der Waals surface area contributed by atoms with E-state index in [0.29, 0.717) is 5.56 Å². The van der Waals surface area contributed by atoms with Crippen molar-refractivity contribution in [2.24, 2.45) is 0 Å². The quantitative estimate of drug-likeness (QED) is 0.849. The van der Waals surface area contributed by atoms with Gasteiger partial charge in [-0.1, -0.05) is 6.07 Å². The number of hydrogen-bond acceptors (Lipinski definition) is 2. The van der Waals surface area contributed by atoms with E-state index in [-0.39, 0.29) is 5.91 Å². The molecule has 0 spiro atoms. The number of benzene rings is 1. The zero-order chi connectivity index (χ0) is 11.6. The van der Waals surface area contributed by atoms with Crippen LogP contribution in [-0.4, -0.2) is 11.4 Å². The number of hydrogen-bond donors (Lipinski definition) is 1. The van der Waals surface area contributed by atoms with Gasteiger partial charge in [0.05, 0.1) is 6.07 Å². The fourth-order valence-corrected chi connectivity index (χ4v) is 2.26. The normalized spacial score (nSPS) is 17.0. The highest BCUT2D eigenvalue weighted by atomic mass is 127. The summed E-state index contributed by atoms with van der Waals surface area (Å²) in [6, 6.07) is 9.56. The zero-order valence-electron chi connectivity index (χ0n) is 8.66. The third-order valence-electron chi connectivity index (χ3n) is 2.86. The van der Waals surface area contributed by atoms with Crippen LogP contribution >= 0.6 is 22.6 Å². The van der Waals surface area contributed by atoms with Gasteiger partial charge in [-0.15, -0.1) is 0 Å². The Kier molecular flexibility index (Phi) is 3.15. The summed E-state index contributed by atoms with van der Waals surface area (Å²) in [5.41, 5.74) is 0.00617. The number of nitrogens with zero attached hydrogens (tertiary/aromatic N) is 1. The highest BCUT2D eigenvalue weighted by Gasteiger charge is 2.38. The molecule has 1 aromatic carbocycles. The maximum absolute atomic E-state index is 11.9. The first-order valence-corrected chi connectivity index (χ1v) is 6.22. The zero-order valence-corrected chi connectivity index (χ0v) is 10.8. The summed E-state index contributed by atoms with van der Waals surface area (Å²) in [5.74, 6) is -0.153. The Morgan fingerprint density at radius 3 is 2.75 bits per heavy atom. The highest BCUT2D eigenvalue weighted by Crippen LogP contribution is 2.31. The van der Waals surface area contributed by atoms with Gasteiger partial charge in [0.1, 0.15) is 5.54 Å². The summed E-state index contributed by atoms with van der Waals surface area (Å²) in [7, 11) is 0. The Morgan fingerprint density at radius 2 is 2.25 bits per heavy atom. The van der Waals surface area contributed by atoms with Crippen LogP contribution in [0.5, 0.6) is 0 Å². The van der Waals surface area contributed by atoms with Gasteiger partial charge < -0.3 is 5.32 Å². The smallest absolute Gasteiger partial charge is 0.252 e. The maximum Gasteiger partial charge on any atom is 0.252 e. The molecular formula is C12H11IN2O. The first kappa shape index (κ1) is 11.4. The lowest BCUT2D eigenvalue weighted by Gasteiger charge is -2.35. The largest absolute Gasteiger partial charge is 0.334 e. The van der Waals surface area contributed by atoms with Crippen LogP contribution in [0.4, 0.5) is 0 Å². The Hall–Kier alpha value is -1.09. The molecule has 1 aliphatic rings. The molecule has 1 N–H and O–H groups in total. The summed E-state index contributed by atoms with van der Waals surface area (Å²) in [6.07, 6.45) is 2.54. The van der Waals surface area contributed by atoms with Gasteiger partial charge >= 0.3 is 0 Å². The van der Waals surface area contributed by atoms with Gasteiger partial charge in [0.15, 0.2) is 0 Å². The Labute approximate surface area is 108 Å². The van der Waals surface area contributed by atoms with E-state index in [2.05, 4.69) is 34.0 Å². The molecule has 0 unspecified atom stereocenters. The van der Waals surface area contributed by atoms with Crippen LogP contribution in [0.25, 0.3) is 0 Å². The second kappa shape index (κ2) is 4.42. The Bertz CT molecular complexity index is 460. The van der Waals surface area contributed by atoms with Gasteiger partial charge in [-0.2, -0.15) is 5.26 Å². The van der Waals surface area contributed by atoms with Crippen LogP contribution in [0.15, 0.2) is 24.3 Å². The third-order valence-corrected chi connectivity index (χ3v) is 3.53. The van der Waals surface area contributed by atoms with E-state index in [9.17, 15) is 4.79 Å². The van der Waals surface area contributed by atoms with E-state index in [0.717, 1.165) is 22.8 Å². The molecule has 16 heavy (non-hydrogen) atoms. The molecule has 0 bridgehead atoms. The topological polar surface area (TPSA) is 52.9 Å². The molecule has 3 nitrogen and oxygen atoms in total. The van der Waals surface area contributed by atoms with Crippen LogP contribution in [0, 0.1) is 14.9 Å². The van der Waals surface area contributed by atoms with Gasteiger partial charge in [-0.3, -0.25) is 4.79 Å². The average molecular weight is 326 g/mol. The summed E-state index contributed by atoms with van der Waals surface area (Å²) in [5, 5.41) is 11.8. The lowest BCUT2D eigenvalue weighted by atomic mass is 9.78. The number of carbonyl (C=O) groups excluding carboxylic acids is 1. The number of amides is 1. The van der Waals surface area contributed by atoms with Crippen molar-refractivity contribution in [3.05, 3.63) is 33.4 Å². The first-order chi connectivity index (χ1) is 7.65. The van der Waals surface area contributed by atoms with Crippen molar-refractivity contribution in [1.29, 1.82) is 5.26 Å². The van der Waals surface area contributed by atoms with Crippen molar-refractivity contribution in [3.8, 4) is 6.07 Å². The van der Waals surface area contributed by atoms with Crippen LogP contribution in [0.2, 0.25) is 0 Å². The molecule has 82 valence electrons. The predicted molar refractivity (Wildman–Crippen MR) is 68.8 cm³/mol. The molecule has 0 aromatic heterocycles. The summed E-state index contributed by atoms with van der Waals surface area (Å²) in [4.78, 5) is 11.9. The van der Waals surface area contributed by atoms with Crippen LogP contribution in [0.1, 0.15) is 29.6 Å². The van der Waals surface area contributed by atoms with E-state index in [1.165, 1.54) is 0 Å². The van der Waals surface area contributed by atoms with Gasteiger partial charge in [-0.05, 0) is 60.1 Å². The molecule has 1 saturated carbocycles. The van der Waals surface area contributed by atoms with E-state index in [4.69, 9.17) is 5.26 Å². The standard InChI is InChI=1S/C12H11IN2O/c13-10-4-1-3-9(7-10)11(16)15-12(8-14)5-2-6-12/h1,3-4,7H,2,5-6H2,(H,15,16). The van der Waals surface area contributed by atoms with E-state index < -0.39 is 5.54 Å². The molecule has 1 aliphatic carbocycles. The van der Waals surface area contributed by atoms with Crippen LogP contribution in [0.3, 0.4) is 0 Å². The molecule has 4 heteroatoms. The predicted octanol–water partition coefficient (Wildman–Crippen LogP) is 2.47. The van der Waals surface area contributed by atoms with Crippen molar-refractivity contribution in [1.82, 2.24) is 5.32 Å². The summed E-state index contributed by atoms with van der Waals surface area (Å²) in [6.45, 7) is 0. The molecule has 1 amide bonds. The summed E-state index contributed by atoms with van der Waals surface area (Å²) < 4.78 is 1.02. The number of nitrogens with one attached hydrogen (secondary N) is 1. The van der Waals surface area contributed by atoms with Gasteiger partial charge in [-0.25, -0.2) is 0 Å². The second-order valence-corrected chi connectivity index (χ2v) is 5.26. The number of halogens is 1. The van der Waals surface area contributed by atoms with Crippen molar-refractivity contribution in [3.63, 3.8) is 0 Å². The highest BCUT2D eigenvalue weighted by molar-refractivity contribution is 14.1. The van der Waals surface area contributed by atoms with Crippen molar-refractivity contribution in [2.75, 3.05) is 0 Å². The lowest BCUT2D eigenvalue weighted by molar-refractivity contribution is 0.0881. The van der Waals surface area contributed by atoms with E-state index in [1.807, 2.05) is 18.2 Å². The second-order valence-electron chi connectivity index (χ2n) is 4.01. The monoisotopic (exact) mass is 326 g/mol. The molecule has 1 aromatic rings. The van der Waals surface area contributed by atoms with Gasteiger partial charge in [0, 0.05) is 9.13 Å². The SMILES string of the molecule is N#CC1(NC(=O)c2cccc(I)c2)CCC1. The molecule has 1 fully saturated rings. The molecule has 0 radical (unpaired) electrons. The molecule has 0 aliphatic heterocycles. The molecule has 0 atom stereocenters. The third kappa shape index (κ3) is 2.19. The minimum atomic E-state index is -0.613. The Balaban J connectivity index is 2.12. The maximum atomic E-state index is 11.9. The number of rotatable bonds is 2. The fourth-order valence-electron chi connectivity index (χ4n) is 1.71. The molecule has 0 saturated heterocycles. The average Bonchev–Trinajstić information content (AvgIpc) is 2.23. The molecule has 2 rings (SSSR count). The Morgan fingerprint density at radius 1 is 1.50 bits per heavy atom. The first-order valence-electron chi connectivity index (χ1n) is 5.15. The van der Waals surface area contributed by atoms with Crippen molar-refractivity contribution < 1.29 is 4.79 Å². The van der Waals surface area contributed by atoms with Crippen molar-refractivity contribution in [2.45, 2.75) is 24.8 Å². The number of nitriles is 1. The van der Waals surface area contributed by atoms with Gasteiger partial charge in [0.25, 0.3) is 5.91 Å². The van der Waals surface area contributed by atoms with Crippen LogP contribution in [-0.2, 0) is 0 Å². The minimum absolute atomic E-state index is 0.153. The van der Waals surface area contributed by atoms with E-state index >= 15 is 0 Å². The number of carbonyl (C=O) groups is 1. The van der Waals surface area contributed by atoms with Crippen LogP contribution < -0.4 is 5.32 Å². The van der Waals surface area contributed by atoms with E-state index in [1.54, 1.807) is 6.07 Å². The summed E-state index contributed by atoms with van der Waals surface area (Å²) >= 11 is 2.16. The van der Waals surface area contributed by atoms with Gasteiger partial charge in [0.2, 0.25) is 0 Å². The molecule has 0 heterocycles. The minimum Gasteiger partial charge on any atom is -0.334 e. The fraction of sp³-hybridized carbons (Fsp3) is 0.333.